The van der Waals surface area contributed by atoms with Gasteiger partial charge in [-0.2, -0.15) is 0 Å². The van der Waals surface area contributed by atoms with Crippen molar-refractivity contribution in [2.75, 3.05) is 54.0 Å². The molecule has 1 aliphatic rings. The number of carbonyl (C=O) groups is 2. The van der Waals surface area contributed by atoms with Crippen LogP contribution in [0.15, 0.2) is 36.4 Å². The Morgan fingerprint density at radius 2 is 1.83 bits per heavy atom. The van der Waals surface area contributed by atoms with Crippen LogP contribution in [0.5, 0.6) is 11.5 Å². The molecule has 1 aliphatic heterocycles. The van der Waals surface area contributed by atoms with Crippen LogP contribution in [-0.4, -0.2) is 75.6 Å². The topological polar surface area (TPSA) is 71.1 Å². The number of likely N-dealkylation sites (N-methyl/N-ethyl adjacent to an activating group) is 1. The fourth-order valence-electron chi connectivity index (χ4n) is 3.95. The molecule has 0 radical (unpaired) electrons. The number of nitrogens with zero attached hydrogens (tertiary/aromatic N) is 2. The molecule has 1 heterocycles. The Morgan fingerprint density at radius 3 is 2.49 bits per heavy atom. The molecular formula is C26H33Cl2N3O4. The highest BCUT2D eigenvalue weighted by Gasteiger charge is 2.22. The first-order chi connectivity index (χ1) is 16.8. The molecule has 0 unspecified atom stereocenters. The lowest BCUT2D eigenvalue weighted by atomic mass is 9.96. The van der Waals surface area contributed by atoms with E-state index in [1.807, 2.05) is 6.07 Å². The highest BCUT2D eigenvalue weighted by Crippen LogP contribution is 2.29. The molecule has 7 nitrogen and oxygen atoms in total. The Hall–Kier alpha value is -2.48. The molecule has 0 aromatic heterocycles. The van der Waals surface area contributed by atoms with Gasteiger partial charge in [0.25, 0.3) is 5.91 Å². The number of methoxy groups -OCH3 is 1. The van der Waals surface area contributed by atoms with Gasteiger partial charge in [-0.05, 0) is 67.7 Å². The molecule has 1 N–H and O–H groups in total. The predicted octanol–water partition coefficient (Wildman–Crippen LogP) is 4.15. The zero-order valence-electron chi connectivity index (χ0n) is 20.5. The Morgan fingerprint density at radius 1 is 1.09 bits per heavy atom. The molecular weight excluding hydrogens is 489 g/mol. The molecule has 1 fully saturated rings. The highest BCUT2D eigenvalue weighted by atomic mass is 35.5. The summed E-state index contributed by atoms with van der Waals surface area (Å²) in [5.74, 6) is 1.42. The van der Waals surface area contributed by atoms with Crippen molar-refractivity contribution < 1.29 is 19.1 Å². The third-order valence-corrected chi connectivity index (χ3v) is 6.77. The summed E-state index contributed by atoms with van der Waals surface area (Å²) in [6.07, 6.45) is 2.49. The van der Waals surface area contributed by atoms with Crippen LogP contribution >= 0.6 is 23.2 Å². The molecule has 0 saturated carbocycles. The number of hydrogen-bond acceptors (Lipinski definition) is 5. The summed E-state index contributed by atoms with van der Waals surface area (Å²) in [7, 11) is 5.11. The van der Waals surface area contributed by atoms with Crippen molar-refractivity contribution in [1.29, 1.82) is 0 Å². The van der Waals surface area contributed by atoms with E-state index in [4.69, 9.17) is 32.7 Å². The van der Waals surface area contributed by atoms with Crippen LogP contribution in [0.4, 0.5) is 0 Å². The number of ether oxygens (including phenoxy) is 2. The number of amides is 2. The molecule has 0 aliphatic carbocycles. The van der Waals surface area contributed by atoms with E-state index >= 15 is 0 Å². The van der Waals surface area contributed by atoms with E-state index in [-0.39, 0.29) is 11.8 Å². The molecule has 0 bridgehead atoms. The van der Waals surface area contributed by atoms with Gasteiger partial charge >= 0.3 is 0 Å². The smallest absolute Gasteiger partial charge is 0.251 e. The van der Waals surface area contributed by atoms with Crippen molar-refractivity contribution in [2.45, 2.75) is 19.3 Å². The van der Waals surface area contributed by atoms with Gasteiger partial charge in [-0.15, -0.1) is 0 Å². The fraction of sp³-hybridized carbons (Fsp3) is 0.462. The minimum absolute atomic E-state index is 0.116. The second kappa shape index (κ2) is 13.0. The lowest BCUT2D eigenvalue weighted by Gasteiger charge is -2.32. The first-order valence-corrected chi connectivity index (χ1v) is 12.5. The lowest BCUT2D eigenvalue weighted by Crippen LogP contribution is -2.43. The average molecular weight is 522 g/mol. The average Bonchev–Trinajstić information content (AvgIpc) is 2.84. The monoisotopic (exact) mass is 521 g/mol. The van der Waals surface area contributed by atoms with E-state index in [9.17, 15) is 9.59 Å². The maximum atomic E-state index is 12.8. The second-order valence-electron chi connectivity index (χ2n) is 8.92. The summed E-state index contributed by atoms with van der Waals surface area (Å²) in [6.45, 7) is 3.14. The first kappa shape index (κ1) is 27.1. The first-order valence-electron chi connectivity index (χ1n) is 11.7. The maximum Gasteiger partial charge on any atom is 0.251 e. The summed E-state index contributed by atoms with van der Waals surface area (Å²) in [5, 5.41) is 4.22. The zero-order valence-corrected chi connectivity index (χ0v) is 22.0. The summed E-state index contributed by atoms with van der Waals surface area (Å²) in [4.78, 5) is 28.5. The maximum absolute atomic E-state index is 12.8. The van der Waals surface area contributed by atoms with Crippen LogP contribution in [0.1, 0.15) is 28.8 Å². The third kappa shape index (κ3) is 8.02. The van der Waals surface area contributed by atoms with Crippen molar-refractivity contribution in [3.8, 4) is 11.5 Å². The van der Waals surface area contributed by atoms with E-state index < -0.39 is 0 Å². The Balaban J connectivity index is 1.50. The van der Waals surface area contributed by atoms with Gasteiger partial charge in [-0.3, -0.25) is 14.5 Å². The van der Waals surface area contributed by atoms with Crippen LogP contribution in [0.3, 0.4) is 0 Å². The van der Waals surface area contributed by atoms with E-state index in [1.54, 1.807) is 56.4 Å². The van der Waals surface area contributed by atoms with E-state index in [0.29, 0.717) is 59.1 Å². The molecule has 3 rings (SSSR count). The van der Waals surface area contributed by atoms with Crippen LogP contribution in [-0.2, 0) is 11.2 Å². The number of nitrogens with one attached hydrogen (secondary N) is 1. The Labute approximate surface area is 217 Å². The molecule has 2 amide bonds. The van der Waals surface area contributed by atoms with Gasteiger partial charge in [0, 0.05) is 42.7 Å². The van der Waals surface area contributed by atoms with Gasteiger partial charge in [0.15, 0.2) is 11.5 Å². The number of benzene rings is 2. The van der Waals surface area contributed by atoms with Crippen LogP contribution < -0.4 is 14.8 Å². The second-order valence-corrected chi connectivity index (χ2v) is 9.76. The molecule has 35 heavy (non-hydrogen) atoms. The zero-order chi connectivity index (χ0) is 25.4. The van der Waals surface area contributed by atoms with Gasteiger partial charge in [0.05, 0.1) is 20.3 Å². The number of hydrogen-bond donors (Lipinski definition) is 1. The number of rotatable bonds is 10. The molecule has 0 atom stereocenters. The van der Waals surface area contributed by atoms with Crippen LogP contribution in [0.25, 0.3) is 0 Å². The molecule has 2 aromatic rings. The van der Waals surface area contributed by atoms with Gasteiger partial charge in [0.1, 0.15) is 0 Å². The minimum atomic E-state index is -0.150. The lowest BCUT2D eigenvalue weighted by molar-refractivity contribution is -0.130. The van der Waals surface area contributed by atoms with Gasteiger partial charge in [-0.1, -0.05) is 29.3 Å². The summed E-state index contributed by atoms with van der Waals surface area (Å²) in [6, 6.07) is 10.5. The number of halogens is 2. The summed E-state index contributed by atoms with van der Waals surface area (Å²) < 4.78 is 11.3. The molecule has 9 heteroatoms. The quantitative estimate of drug-likeness (QED) is 0.508. The third-order valence-electron chi connectivity index (χ3n) is 6.19. The number of carbonyl (C=O) groups excluding carboxylic acids is 2. The van der Waals surface area contributed by atoms with Crippen molar-refractivity contribution in [3.05, 3.63) is 57.6 Å². The summed E-state index contributed by atoms with van der Waals surface area (Å²) >= 11 is 12.2. The SMILES string of the molecule is COc1ccc(C(=O)NCC2CCN(CC(=O)N(C)C)CC2)cc1OCCc1ccc(Cl)cc1Cl. The Bertz CT molecular complexity index is 1020. The molecule has 1 saturated heterocycles. The van der Waals surface area contributed by atoms with Gasteiger partial charge < -0.3 is 19.7 Å². The number of likely N-dealkylation sites (tertiary alicyclic amines) is 1. The predicted molar refractivity (Wildman–Crippen MR) is 139 cm³/mol. The van der Waals surface area contributed by atoms with Crippen LogP contribution in [0.2, 0.25) is 10.0 Å². The largest absolute Gasteiger partial charge is 0.493 e. The van der Waals surface area contributed by atoms with E-state index in [1.165, 1.54) is 0 Å². The van der Waals surface area contributed by atoms with Crippen molar-refractivity contribution >= 4 is 35.0 Å². The van der Waals surface area contributed by atoms with E-state index in [0.717, 1.165) is 31.5 Å². The standard InChI is InChI=1S/C26H33Cl2N3O4/c1-30(2)25(32)17-31-11-8-18(9-12-31)16-29-26(33)20-5-7-23(34-3)24(14-20)35-13-10-19-4-6-21(27)15-22(19)28/h4-7,14-15,18H,8-13,16-17H2,1-3H3,(H,29,33). The fourth-order valence-corrected chi connectivity index (χ4v) is 4.45. The summed E-state index contributed by atoms with van der Waals surface area (Å²) in [5.41, 5.74) is 1.44. The van der Waals surface area contributed by atoms with Crippen LogP contribution in [0, 0.1) is 5.92 Å². The molecule has 190 valence electrons. The van der Waals surface area contributed by atoms with Crippen molar-refractivity contribution in [1.82, 2.24) is 15.1 Å². The van der Waals surface area contributed by atoms with Gasteiger partial charge in [-0.25, -0.2) is 0 Å². The molecule has 2 aromatic carbocycles. The minimum Gasteiger partial charge on any atom is -0.493 e. The Kier molecular flexibility index (Phi) is 10.1. The van der Waals surface area contributed by atoms with Crippen molar-refractivity contribution in [3.63, 3.8) is 0 Å². The van der Waals surface area contributed by atoms with Crippen molar-refractivity contribution in [2.24, 2.45) is 5.92 Å². The molecule has 0 spiro atoms. The van der Waals surface area contributed by atoms with Gasteiger partial charge in [0.2, 0.25) is 5.91 Å². The number of piperidine rings is 1. The normalized spacial score (nSPS) is 14.4. The highest BCUT2D eigenvalue weighted by molar-refractivity contribution is 6.35. The van der Waals surface area contributed by atoms with E-state index in [2.05, 4.69) is 10.2 Å².